The van der Waals surface area contributed by atoms with Crippen LogP contribution in [0.1, 0.15) is 5.56 Å². The Morgan fingerprint density at radius 3 is 2.48 bits per heavy atom. The van der Waals surface area contributed by atoms with Crippen molar-refractivity contribution in [2.45, 2.75) is 4.90 Å². The van der Waals surface area contributed by atoms with E-state index in [1.165, 1.54) is 39.6 Å². The van der Waals surface area contributed by atoms with Crippen LogP contribution >= 0.6 is 23.2 Å². The first-order valence-electron chi connectivity index (χ1n) is 8.14. The van der Waals surface area contributed by atoms with Gasteiger partial charge in [0.1, 0.15) is 16.4 Å². The molecule has 156 valence electrons. The zero-order valence-electron chi connectivity index (χ0n) is 15.8. The van der Waals surface area contributed by atoms with Gasteiger partial charge in [0.2, 0.25) is 10.0 Å². The lowest BCUT2D eigenvalue weighted by atomic mass is 10.2. The van der Waals surface area contributed by atoms with Crippen molar-refractivity contribution in [3.63, 3.8) is 0 Å². The number of nitrogens with one attached hydrogen (secondary N) is 1. The summed E-state index contributed by atoms with van der Waals surface area (Å²) >= 11 is 11.7. The fraction of sp³-hybridized carbons (Fsp3) is 0.222. The minimum absolute atomic E-state index is 0.117. The second-order valence-electron chi connectivity index (χ2n) is 5.74. The van der Waals surface area contributed by atoms with Crippen LogP contribution in [0.15, 0.2) is 46.4 Å². The molecule has 29 heavy (non-hydrogen) atoms. The third kappa shape index (κ3) is 5.83. The van der Waals surface area contributed by atoms with Crippen molar-refractivity contribution < 1.29 is 22.7 Å². The lowest BCUT2D eigenvalue weighted by molar-refractivity contribution is -0.121. The number of rotatable bonds is 8. The van der Waals surface area contributed by atoms with E-state index in [2.05, 4.69) is 10.5 Å². The molecule has 0 saturated heterocycles. The van der Waals surface area contributed by atoms with Gasteiger partial charge in [-0.2, -0.15) is 9.41 Å². The van der Waals surface area contributed by atoms with E-state index in [-0.39, 0.29) is 10.6 Å². The van der Waals surface area contributed by atoms with E-state index in [0.29, 0.717) is 21.4 Å². The Kier molecular flexibility index (Phi) is 7.86. The van der Waals surface area contributed by atoms with E-state index in [1.807, 2.05) is 0 Å². The summed E-state index contributed by atoms with van der Waals surface area (Å²) in [5, 5.41) is 4.53. The molecule has 0 heterocycles. The summed E-state index contributed by atoms with van der Waals surface area (Å²) < 4.78 is 36.7. The highest BCUT2D eigenvalue weighted by molar-refractivity contribution is 7.89. The zero-order chi connectivity index (χ0) is 21.6. The number of methoxy groups -OCH3 is 2. The van der Waals surface area contributed by atoms with Crippen LogP contribution in [0.25, 0.3) is 0 Å². The first kappa shape index (κ1) is 23.0. The summed E-state index contributed by atoms with van der Waals surface area (Å²) in [5.41, 5.74) is 2.88. The quantitative estimate of drug-likeness (QED) is 0.483. The van der Waals surface area contributed by atoms with Gasteiger partial charge in [-0.3, -0.25) is 4.79 Å². The van der Waals surface area contributed by atoms with Crippen molar-refractivity contribution in [2.24, 2.45) is 5.10 Å². The van der Waals surface area contributed by atoms with E-state index in [9.17, 15) is 13.2 Å². The Morgan fingerprint density at radius 1 is 1.14 bits per heavy atom. The summed E-state index contributed by atoms with van der Waals surface area (Å²) in [6.07, 6.45) is 1.36. The van der Waals surface area contributed by atoms with Crippen molar-refractivity contribution >= 4 is 45.3 Å². The number of carbonyl (C=O) groups excluding carboxylic acids is 1. The van der Waals surface area contributed by atoms with Crippen LogP contribution in [-0.4, -0.2) is 52.7 Å². The number of hydrogen-bond acceptors (Lipinski definition) is 6. The molecule has 2 aromatic rings. The molecule has 2 aromatic carbocycles. The van der Waals surface area contributed by atoms with Crippen molar-refractivity contribution in [1.82, 2.24) is 9.73 Å². The second kappa shape index (κ2) is 9.93. The number of carbonyl (C=O) groups is 1. The smallest absolute Gasteiger partial charge is 0.255 e. The average molecular weight is 460 g/mol. The highest BCUT2D eigenvalue weighted by Crippen LogP contribution is 2.30. The summed E-state index contributed by atoms with van der Waals surface area (Å²) in [6, 6.07) is 9.20. The predicted molar refractivity (Wildman–Crippen MR) is 112 cm³/mol. The molecular weight excluding hydrogens is 441 g/mol. The summed E-state index contributed by atoms with van der Waals surface area (Å²) in [6.45, 7) is -0.457. The number of nitrogens with zero attached hydrogens (tertiary/aromatic N) is 2. The molecule has 0 aliphatic heterocycles. The van der Waals surface area contributed by atoms with Gasteiger partial charge in [0, 0.05) is 13.1 Å². The summed E-state index contributed by atoms with van der Waals surface area (Å²) in [4.78, 5) is 12.0. The number of halogens is 2. The van der Waals surface area contributed by atoms with E-state index >= 15 is 0 Å². The largest absolute Gasteiger partial charge is 0.497 e. The van der Waals surface area contributed by atoms with Gasteiger partial charge in [0.25, 0.3) is 5.91 Å². The van der Waals surface area contributed by atoms with Gasteiger partial charge in [-0.25, -0.2) is 13.8 Å². The normalized spacial score (nSPS) is 11.7. The van der Waals surface area contributed by atoms with E-state index in [0.717, 1.165) is 4.31 Å². The van der Waals surface area contributed by atoms with Gasteiger partial charge in [-0.15, -0.1) is 0 Å². The minimum atomic E-state index is -4.01. The SMILES string of the molecule is COc1ccc(OC)c(S(=O)(=O)N(C)CC(=O)N/N=C\c2ccc(Cl)c(Cl)c2)c1. The molecule has 0 fully saturated rings. The Hall–Kier alpha value is -2.33. The fourth-order valence-corrected chi connectivity index (χ4v) is 3.85. The maximum Gasteiger partial charge on any atom is 0.255 e. The molecular formula is C18H19Cl2N3O5S. The number of ether oxygens (including phenoxy) is 2. The minimum Gasteiger partial charge on any atom is -0.497 e. The van der Waals surface area contributed by atoms with Gasteiger partial charge in [0.15, 0.2) is 0 Å². The summed E-state index contributed by atoms with van der Waals surface area (Å²) in [5.74, 6) is -0.154. The van der Waals surface area contributed by atoms with Crippen molar-refractivity contribution in [3.8, 4) is 11.5 Å². The fourth-order valence-electron chi connectivity index (χ4n) is 2.25. The molecule has 2 rings (SSSR count). The van der Waals surface area contributed by atoms with Crippen LogP contribution < -0.4 is 14.9 Å². The first-order chi connectivity index (χ1) is 13.7. The van der Waals surface area contributed by atoms with E-state index in [1.54, 1.807) is 24.3 Å². The number of amides is 1. The van der Waals surface area contributed by atoms with E-state index < -0.39 is 22.5 Å². The summed E-state index contributed by atoms with van der Waals surface area (Å²) in [7, 11) is 0.0312. The predicted octanol–water partition coefficient (Wildman–Crippen LogP) is 2.78. The first-order valence-corrected chi connectivity index (χ1v) is 10.3. The van der Waals surface area contributed by atoms with Crippen molar-refractivity contribution in [1.29, 1.82) is 0 Å². The van der Waals surface area contributed by atoms with Crippen LogP contribution in [-0.2, 0) is 14.8 Å². The van der Waals surface area contributed by atoms with Gasteiger partial charge in [0.05, 0.1) is 37.0 Å². The molecule has 0 radical (unpaired) electrons. The Bertz CT molecular complexity index is 1030. The van der Waals surface area contributed by atoms with Crippen LogP contribution in [0.4, 0.5) is 0 Å². The Labute approximate surface area is 179 Å². The molecule has 0 bridgehead atoms. The molecule has 11 heteroatoms. The van der Waals surface area contributed by atoms with Crippen LogP contribution in [0.2, 0.25) is 10.0 Å². The van der Waals surface area contributed by atoms with Gasteiger partial charge in [-0.1, -0.05) is 29.3 Å². The lowest BCUT2D eigenvalue weighted by Crippen LogP contribution is -2.36. The standard InChI is InChI=1S/C18H19Cl2N3O5S/c1-23(29(25,26)17-9-13(27-2)5-7-16(17)28-3)11-18(24)22-21-10-12-4-6-14(19)15(20)8-12/h4-10H,11H2,1-3H3,(H,22,24)/b21-10-. The molecule has 0 saturated carbocycles. The molecule has 1 N–H and O–H groups in total. The zero-order valence-corrected chi connectivity index (χ0v) is 18.2. The Morgan fingerprint density at radius 2 is 1.86 bits per heavy atom. The van der Waals surface area contributed by atoms with Gasteiger partial charge < -0.3 is 9.47 Å². The molecule has 0 aliphatic rings. The molecule has 1 amide bonds. The van der Waals surface area contributed by atoms with Crippen molar-refractivity contribution in [3.05, 3.63) is 52.0 Å². The Balaban J connectivity index is 2.08. The highest BCUT2D eigenvalue weighted by atomic mass is 35.5. The second-order valence-corrected chi connectivity index (χ2v) is 8.57. The van der Waals surface area contributed by atoms with Crippen LogP contribution in [0.5, 0.6) is 11.5 Å². The molecule has 0 aliphatic carbocycles. The number of hydrogen-bond donors (Lipinski definition) is 1. The monoisotopic (exact) mass is 459 g/mol. The third-order valence-electron chi connectivity index (χ3n) is 3.77. The lowest BCUT2D eigenvalue weighted by Gasteiger charge is -2.18. The number of sulfonamides is 1. The number of likely N-dealkylation sites (N-methyl/N-ethyl adjacent to an activating group) is 1. The topological polar surface area (TPSA) is 97.3 Å². The van der Waals surface area contributed by atoms with Gasteiger partial charge in [-0.05, 0) is 29.8 Å². The van der Waals surface area contributed by atoms with Crippen LogP contribution in [0, 0.1) is 0 Å². The highest BCUT2D eigenvalue weighted by Gasteiger charge is 2.27. The molecule has 0 atom stereocenters. The maximum atomic E-state index is 12.8. The third-order valence-corrected chi connectivity index (χ3v) is 6.34. The van der Waals surface area contributed by atoms with E-state index in [4.69, 9.17) is 32.7 Å². The molecule has 0 spiro atoms. The van der Waals surface area contributed by atoms with Gasteiger partial charge >= 0.3 is 0 Å². The molecule has 8 nitrogen and oxygen atoms in total. The number of hydrazone groups is 1. The molecule has 0 unspecified atom stereocenters. The van der Waals surface area contributed by atoms with Crippen LogP contribution in [0.3, 0.4) is 0 Å². The van der Waals surface area contributed by atoms with Crippen molar-refractivity contribution in [2.75, 3.05) is 27.8 Å². The maximum absolute atomic E-state index is 12.8. The molecule has 0 aromatic heterocycles. The number of benzene rings is 2. The average Bonchev–Trinajstić information content (AvgIpc) is 2.70.